The molecule has 0 aliphatic heterocycles. The molecule has 2 heterocycles. The van der Waals surface area contributed by atoms with Gasteiger partial charge in [0.25, 0.3) is 0 Å². The fraction of sp³-hybridized carbons (Fsp3) is 0.150. The minimum absolute atomic E-state index is 0.150. The van der Waals surface area contributed by atoms with Gasteiger partial charge in [-0.25, -0.2) is 9.97 Å². The largest absolute Gasteiger partial charge is 0.441 e. The van der Waals surface area contributed by atoms with Crippen LogP contribution in [0.25, 0.3) is 21.7 Å². The number of fused-ring (bicyclic) bond motifs is 1. The molecule has 0 bridgehead atoms. The molecule has 0 radical (unpaired) electrons. The van der Waals surface area contributed by atoms with Crippen LogP contribution in [-0.2, 0) is 11.2 Å². The summed E-state index contributed by atoms with van der Waals surface area (Å²) in [5.41, 5.74) is 3.59. The Labute approximate surface area is 154 Å². The molecule has 0 fully saturated rings. The lowest BCUT2D eigenvalue weighted by molar-refractivity contribution is -0.115. The number of aromatic nitrogens is 2. The van der Waals surface area contributed by atoms with Crippen LogP contribution in [0.15, 0.2) is 52.9 Å². The average molecular weight is 363 g/mol. The normalized spacial score (nSPS) is 11.0. The number of carbonyl (C=O) groups is 1. The van der Waals surface area contributed by atoms with Crippen LogP contribution in [0.5, 0.6) is 0 Å². The van der Waals surface area contributed by atoms with Crippen molar-refractivity contribution >= 4 is 32.6 Å². The van der Waals surface area contributed by atoms with Crippen molar-refractivity contribution in [2.75, 3.05) is 5.32 Å². The summed E-state index contributed by atoms with van der Waals surface area (Å²) in [5.74, 6) is 1.03. The Hall–Kier alpha value is -2.99. The molecule has 6 heteroatoms. The van der Waals surface area contributed by atoms with Crippen molar-refractivity contribution in [3.8, 4) is 11.5 Å². The fourth-order valence-corrected chi connectivity index (χ4v) is 3.68. The van der Waals surface area contributed by atoms with Crippen molar-refractivity contribution in [2.45, 2.75) is 20.3 Å². The maximum atomic E-state index is 12.4. The first-order chi connectivity index (χ1) is 12.6. The quantitative estimate of drug-likeness (QED) is 0.568. The highest BCUT2D eigenvalue weighted by Gasteiger charge is 2.16. The fourth-order valence-electron chi connectivity index (χ4n) is 2.70. The number of carbonyl (C=O) groups excluding carboxylic acids is 1. The van der Waals surface area contributed by atoms with Gasteiger partial charge in [-0.2, -0.15) is 0 Å². The lowest BCUT2D eigenvalue weighted by Crippen LogP contribution is -2.14. The highest BCUT2D eigenvalue weighted by atomic mass is 32.1. The third-order valence-electron chi connectivity index (χ3n) is 4.03. The van der Waals surface area contributed by atoms with Crippen LogP contribution in [0.1, 0.15) is 17.0 Å². The van der Waals surface area contributed by atoms with Gasteiger partial charge < -0.3 is 9.73 Å². The zero-order valence-electron chi connectivity index (χ0n) is 14.4. The van der Waals surface area contributed by atoms with Crippen LogP contribution in [0.4, 0.5) is 5.13 Å². The van der Waals surface area contributed by atoms with E-state index in [0.717, 1.165) is 15.8 Å². The second-order valence-corrected chi connectivity index (χ2v) is 7.13. The molecule has 4 aromatic rings. The van der Waals surface area contributed by atoms with E-state index in [1.54, 1.807) is 0 Å². The lowest BCUT2D eigenvalue weighted by atomic mass is 10.2. The van der Waals surface area contributed by atoms with Gasteiger partial charge in [-0.05, 0) is 43.7 Å². The topological polar surface area (TPSA) is 68.0 Å². The van der Waals surface area contributed by atoms with E-state index in [1.807, 2.05) is 56.3 Å². The van der Waals surface area contributed by atoms with E-state index >= 15 is 0 Å². The highest BCUT2D eigenvalue weighted by molar-refractivity contribution is 7.22. The van der Waals surface area contributed by atoms with Gasteiger partial charge in [-0.15, -0.1) is 0 Å². The van der Waals surface area contributed by atoms with Crippen LogP contribution in [0.2, 0.25) is 0 Å². The van der Waals surface area contributed by atoms with Crippen LogP contribution < -0.4 is 5.32 Å². The first kappa shape index (κ1) is 16.5. The van der Waals surface area contributed by atoms with Gasteiger partial charge in [0.2, 0.25) is 11.8 Å². The van der Waals surface area contributed by atoms with Gasteiger partial charge in [-0.3, -0.25) is 4.79 Å². The van der Waals surface area contributed by atoms with Gasteiger partial charge in [-0.1, -0.05) is 35.6 Å². The van der Waals surface area contributed by atoms with Gasteiger partial charge >= 0.3 is 0 Å². The Morgan fingerprint density at radius 3 is 2.73 bits per heavy atom. The van der Waals surface area contributed by atoms with E-state index in [2.05, 4.69) is 21.4 Å². The molecule has 2 aromatic heterocycles. The van der Waals surface area contributed by atoms with E-state index < -0.39 is 0 Å². The second-order valence-electron chi connectivity index (χ2n) is 6.10. The number of benzene rings is 2. The molecule has 1 N–H and O–H groups in total. The minimum Gasteiger partial charge on any atom is -0.441 e. The van der Waals surface area contributed by atoms with Crippen molar-refractivity contribution in [1.82, 2.24) is 9.97 Å². The molecular formula is C20H17N3O2S. The summed E-state index contributed by atoms with van der Waals surface area (Å²) in [6.45, 7) is 3.86. The third-order valence-corrected chi connectivity index (χ3v) is 4.97. The zero-order valence-corrected chi connectivity index (χ0v) is 15.3. The number of anilines is 1. The molecule has 5 nitrogen and oxygen atoms in total. The van der Waals surface area contributed by atoms with Crippen LogP contribution >= 0.6 is 11.3 Å². The minimum atomic E-state index is -0.156. The van der Waals surface area contributed by atoms with Crippen molar-refractivity contribution in [2.24, 2.45) is 0 Å². The summed E-state index contributed by atoms with van der Waals surface area (Å²) >= 11 is 1.47. The molecule has 0 aliphatic carbocycles. The number of hydrogen-bond donors (Lipinski definition) is 1. The molecule has 0 unspecified atom stereocenters. The molecule has 0 aliphatic rings. The SMILES string of the molecule is Cc1ccc2nc(NC(=O)Cc3nc(-c4ccccc4)oc3C)sc2c1. The van der Waals surface area contributed by atoms with Crippen molar-refractivity contribution in [1.29, 1.82) is 0 Å². The van der Waals surface area contributed by atoms with E-state index in [9.17, 15) is 4.79 Å². The summed E-state index contributed by atoms with van der Waals surface area (Å²) in [6, 6.07) is 15.7. The summed E-state index contributed by atoms with van der Waals surface area (Å²) in [6.07, 6.45) is 0.150. The highest BCUT2D eigenvalue weighted by Crippen LogP contribution is 2.27. The monoisotopic (exact) mass is 363 g/mol. The number of rotatable bonds is 4. The third kappa shape index (κ3) is 3.36. The first-order valence-electron chi connectivity index (χ1n) is 8.27. The molecule has 130 valence electrons. The number of thiazole rings is 1. The molecule has 4 rings (SSSR count). The van der Waals surface area contributed by atoms with Crippen LogP contribution in [-0.4, -0.2) is 15.9 Å². The molecule has 0 atom stereocenters. The smallest absolute Gasteiger partial charge is 0.232 e. The first-order valence-corrected chi connectivity index (χ1v) is 9.09. The maximum absolute atomic E-state index is 12.4. The van der Waals surface area contributed by atoms with Gasteiger partial charge in [0.05, 0.1) is 22.3 Å². The van der Waals surface area contributed by atoms with E-state index in [1.165, 1.54) is 16.9 Å². The predicted octanol–water partition coefficient (Wildman–Crippen LogP) is 4.75. The molecule has 2 aromatic carbocycles. The maximum Gasteiger partial charge on any atom is 0.232 e. The Balaban J connectivity index is 1.50. The number of oxazole rings is 1. The van der Waals surface area contributed by atoms with Gasteiger partial charge in [0.1, 0.15) is 5.76 Å². The van der Waals surface area contributed by atoms with E-state index in [-0.39, 0.29) is 12.3 Å². The van der Waals surface area contributed by atoms with E-state index in [0.29, 0.717) is 22.5 Å². The van der Waals surface area contributed by atoms with Crippen molar-refractivity contribution in [3.05, 3.63) is 65.5 Å². The Kier molecular flexibility index (Phi) is 4.26. The number of nitrogens with one attached hydrogen (secondary N) is 1. The summed E-state index contributed by atoms with van der Waals surface area (Å²) in [5, 5.41) is 3.46. The molecular weight excluding hydrogens is 346 g/mol. The predicted molar refractivity (Wildman–Crippen MR) is 103 cm³/mol. The van der Waals surface area contributed by atoms with Crippen molar-refractivity contribution < 1.29 is 9.21 Å². The zero-order chi connectivity index (χ0) is 18.1. The Morgan fingerprint density at radius 1 is 1.12 bits per heavy atom. The number of nitrogens with zero attached hydrogens (tertiary/aromatic N) is 2. The van der Waals surface area contributed by atoms with Gasteiger partial charge in [0, 0.05) is 5.56 Å². The average Bonchev–Trinajstić information content (AvgIpc) is 3.18. The van der Waals surface area contributed by atoms with E-state index in [4.69, 9.17) is 4.42 Å². The standard InChI is InChI=1S/C20H17N3O2S/c1-12-8-9-15-17(10-12)26-20(22-15)23-18(24)11-16-13(2)25-19(21-16)14-6-4-3-5-7-14/h3-10H,11H2,1-2H3,(H,22,23,24). The lowest BCUT2D eigenvalue weighted by Gasteiger charge is -1.99. The Morgan fingerprint density at radius 2 is 1.92 bits per heavy atom. The summed E-state index contributed by atoms with van der Waals surface area (Å²) < 4.78 is 6.77. The molecule has 1 amide bonds. The molecule has 26 heavy (non-hydrogen) atoms. The van der Waals surface area contributed by atoms with Crippen molar-refractivity contribution in [3.63, 3.8) is 0 Å². The number of amides is 1. The molecule has 0 saturated carbocycles. The van der Waals surface area contributed by atoms with Crippen LogP contribution in [0, 0.1) is 13.8 Å². The Bertz CT molecular complexity index is 1080. The summed E-state index contributed by atoms with van der Waals surface area (Å²) in [7, 11) is 0. The van der Waals surface area contributed by atoms with Crippen LogP contribution in [0.3, 0.4) is 0 Å². The second kappa shape index (κ2) is 6.72. The number of aryl methyl sites for hydroxylation is 2. The summed E-state index contributed by atoms with van der Waals surface area (Å²) in [4.78, 5) is 21.3. The molecule has 0 saturated heterocycles. The number of hydrogen-bond acceptors (Lipinski definition) is 5. The molecule has 0 spiro atoms. The van der Waals surface area contributed by atoms with Gasteiger partial charge in [0.15, 0.2) is 5.13 Å².